The largest absolute Gasteiger partial charge is 0.321 e. The van der Waals surface area contributed by atoms with Crippen LogP contribution < -0.4 is 5.32 Å². The zero-order valence-corrected chi connectivity index (χ0v) is 11.7. The number of benzene rings is 1. The smallest absolute Gasteiger partial charge is 0.258 e. The number of halogens is 3. The fraction of sp³-hybridized carbons (Fsp3) is 0. The zero-order valence-electron chi connectivity index (χ0n) is 10.2. The topological polar surface area (TPSA) is 81.4 Å². The van der Waals surface area contributed by atoms with Crippen LogP contribution in [0.5, 0.6) is 0 Å². The van der Waals surface area contributed by atoms with Gasteiger partial charge in [-0.15, -0.1) is 0 Å². The van der Waals surface area contributed by atoms with Gasteiger partial charge in [-0.05, 0) is 29.8 Å². The molecule has 1 aromatic carbocycles. The molecule has 2 heterocycles. The van der Waals surface area contributed by atoms with Crippen LogP contribution in [0.3, 0.4) is 0 Å². The van der Waals surface area contributed by atoms with E-state index < -0.39 is 5.82 Å². The summed E-state index contributed by atoms with van der Waals surface area (Å²) in [5, 5.41) is 6.80. The van der Waals surface area contributed by atoms with Crippen molar-refractivity contribution in [3.8, 4) is 5.95 Å². The second-order valence-corrected chi connectivity index (χ2v) is 4.59. The van der Waals surface area contributed by atoms with Crippen LogP contribution in [-0.2, 0) is 0 Å². The molecule has 0 fully saturated rings. The Hall–Kier alpha value is -2.32. The van der Waals surface area contributed by atoms with Gasteiger partial charge < -0.3 is 5.32 Å². The molecule has 3 aromatic rings. The van der Waals surface area contributed by atoms with Crippen LogP contribution in [0, 0.1) is 5.82 Å². The Kier molecular flexibility index (Phi) is 3.63. The molecule has 106 valence electrons. The van der Waals surface area contributed by atoms with E-state index >= 15 is 0 Å². The zero-order chi connectivity index (χ0) is 14.8. The summed E-state index contributed by atoms with van der Waals surface area (Å²) in [4.78, 5) is 15.6. The molecule has 1 N–H and O–H groups in total. The molecule has 3 rings (SSSR count). The van der Waals surface area contributed by atoms with E-state index in [4.69, 9.17) is 23.2 Å². The van der Waals surface area contributed by atoms with Crippen molar-refractivity contribution in [3.05, 3.63) is 47.0 Å². The molecule has 0 aliphatic rings. The van der Waals surface area contributed by atoms with Gasteiger partial charge in [-0.1, -0.05) is 11.6 Å². The van der Waals surface area contributed by atoms with Gasteiger partial charge in [0.05, 0.1) is 5.69 Å². The van der Waals surface area contributed by atoms with Crippen LogP contribution in [0.25, 0.3) is 5.95 Å². The highest BCUT2D eigenvalue weighted by atomic mass is 35.5. The molecule has 0 radical (unpaired) electrons. The number of nitrogens with one attached hydrogen (secondary N) is 1. The highest BCUT2D eigenvalue weighted by Crippen LogP contribution is 2.22. The van der Waals surface area contributed by atoms with E-state index in [1.807, 2.05) is 0 Å². The highest BCUT2D eigenvalue weighted by Gasteiger charge is 2.10. The van der Waals surface area contributed by atoms with Crippen molar-refractivity contribution in [3.63, 3.8) is 0 Å². The number of anilines is 2. The summed E-state index contributed by atoms with van der Waals surface area (Å²) < 4.78 is 15.0. The third kappa shape index (κ3) is 3.06. The van der Waals surface area contributed by atoms with Crippen LogP contribution in [0.15, 0.2) is 30.9 Å². The summed E-state index contributed by atoms with van der Waals surface area (Å²) in [5.41, 5.74) is 0.159. The lowest BCUT2D eigenvalue weighted by molar-refractivity contribution is 0.631. The van der Waals surface area contributed by atoms with Gasteiger partial charge in [-0.2, -0.15) is 24.7 Å². The first-order valence-corrected chi connectivity index (χ1v) is 6.36. The lowest BCUT2D eigenvalue weighted by Gasteiger charge is -2.07. The predicted octanol–water partition coefficient (Wildman–Crippen LogP) is 2.64. The summed E-state index contributed by atoms with van der Waals surface area (Å²) in [6.45, 7) is 0. The van der Waals surface area contributed by atoms with E-state index in [0.29, 0.717) is 0 Å². The van der Waals surface area contributed by atoms with Crippen molar-refractivity contribution in [2.45, 2.75) is 0 Å². The molecule has 0 atom stereocenters. The van der Waals surface area contributed by atoms with Crippen LogP contribution in [0.1, 0.15) is 0 Å². The second-order valence-electron chi connectivity index (χ2n) is 3.82. The van der Waals surface area contributed by atoms with Crippen LogP contribution in [-0.4, -0.2) is 29.7 Å². The third-order valence-corrected chi connectivity index (χ3v) is 2.80. The molecule has 0 aliphatic carbocycles. The molecule has 0 aliphatic heterocycles. The first kappa shape index (κ1) is 13.7. The van der Waals surface area contributed by atoms with Crippen molar-refractivity contribution in [1.29, 1.82) is 0 Å². The quantitative estimate of drug-likeness (QED) is 0.797. The minimum atomic E-state index is -0.540. The van der Waals surface area contributed by atoms with Gasteiger partial charge >= 0.3 is 0 Å². The SMILES string of the molecule is Fc1cc(Cl)ccc1Nc1nc(Cl)nc(-n2cncn2)n1. The Bertz CT molecular complexity index is 778. The first-order chi connectivity index (χ1) is 10.1. The lowest BCUT2D eigenvalue weighted by atomic mass is 10.3. The fourth-order valence-electron chi connectivity index (χ4n) is 1.52. The van der Waals surface area contributed by atoms with Crippen molar-refractivity contribution in [1.82, 2.24) is 29.7 Å². The Morgan fingerprint density at radius 3 is 2.71 bits per heavy atom. The van der Waals surface area contributed by atoms with Crippen molar-refractivity contribution in [2.24, 2.45) is 0 Å². The van der Waals surface area contributed by atoms with Crippen LogP contribution in [0.4, 0.5) is 16.0 Å². The number of aromatic nitrogens is 6. The van der Waals surface area contributed by atoms with Gasteiger partial charge in [0.1, 0.15) is 18.5 Å². The van der Waals surface area contributed by atoms with Gasteiger partial charge in [0.25, 0.3) is 5.95 Å². The molecule has 0 spiro atoms. The maximum absolute atomic E-state index is 13.7. The molecule has 0 bridgehead atoms. The predicted molar refractivity (Wildman–Crippen MR) is 74.4 cm³/mol. The Labute approximate surface area is 127 Å². The van der Waals surface area contributed by atoms with Crippen molar-refractivity contribution >= 4 is 34.8 Å². The number of hydrogen-bond acceptors (Lipinski definition) is 6. The fourth-order valence-corrected chi connectivity index (χ4v) is 1.84. The van der Waals surface area contributed by atoms with Crippen molar-refractivity contribution < 1.29 is 4.39 Å². The molecule has 0 saturated heterocycles. The van der Waals surface area contributed by atoms with Gasteiger partial charge in [-0.3, -0.25) is 0 Å². The summed E-state index contributed by atoms with van der Waals surface area (Å²) in [5.74, 6) is -0.313. The molecular formula is C11H6Cl2FN7. The maximum atomic E-state index is 13.7. The average Bonchev–Trinajstić information content (AvgIpc) is 2.95. The Morgan fingerprint density at radius 1 is 1.14 bits per heavy atom. The minimum Gasteiger partial charge on any atom is -0.321 e. The number of hydrogen-bond donors (Lipinski definition) is 1. The summed E-state index contributed by atoms with van der Waals surface area (Å²) in [7, 11) is 0. The van der Waals surface area contributed by atoms with Gasteiger partial charge in [0.2, 0.25) is 11.2 Å². The maximum Gasteiger partial charge on any atom is 0.258 e. The molecule has 2 aromatic heterocycles. The Balaban J connectivity index is 1.95. The number of rotatable bonds is 3. The molecule has 10 heteroatoms. The van der Waals surface area contributed by atoms with Gasteiger partial charge in [0.15, 0.2) is 0 Å². The van der Waals surface area contributed by atoms with Gasteiger partial charge in [-0.25, -0.2) is 9.37 Å². The van der Waals surface area contributed by atoms with E-state index in [-0.39, 0.29) is 27.9 Å². The summed E-state index contributed by atoms with van der Waals surface area (Å²) in [6, 6.07) is 4.17. The molecule has 7 nitrogen and oxygen atoms in total. The second kappa shape index (κ2) is 5.58. The first-order valence-electron chi connectivity index (χ1n) is 5.60. The molecular weight excluding hydrogens is 320 g/mol. The van der Waals surface area contributed by atoms with E-state index in [1.54, 1.807) is 0 Å². The number of nitrogens with zero attached hydrogens (tertiary/aromatic N) is 6. The third-order valence-electron chi connectivity index (χ3n) is 2.40. The Morgan fingerprint density at radius 2 is 2.00 bits per heavy atom. The van der Waals surface area contributed by atoms with E-state index in [9.17, 15) is 4.39 Å². The molecule has 0 unspecified atom stereocenters. The molecule has 0 saturated carbocycles. The molecule has 0 amide bonds. The monoisotopic (exact) mass is 325 g/mol. The van der Waals surface area contributed by atoms with E-state index in [1.165, 1.54) is 35.5 Å². The van der Waals surface area contributed by atoms with Crippen LogP contribution in [0.2, 0.25) is 10.3 Å². The van der Waals surface area contributed by atoms with Gasteiger partial charge in [0, 0.05) is 5.02 Å². The van der Waals surface area contributed by atoms with Crippen LogP contribution >= 0.6 is 23.2 Å². The van der Waals surface area contributed by atoms with E-state index in [0.717, 1.165) is 0 Å². The minimum absolute atomic E-state index is 0.0626. The summed E-state index contributed by atoms with van der Waals surface area (Å²) in [6.07, 6.45) is 2.72. The normalized spacial score (nSPS) is 10.6. The highest BCUT2D eigenvalue weighted by molar-refractivity contribution is 6.30. The lowest BCUT2D eigenvalue weighted by Crippen LogP contribution is -2.07. The average molecular weight is 326 g/mol. The van der Waals surface area contributed by atoms with E-state index in [2.05, 4.69) is 30.4 Å². The molecule has 21 heavy (non-hydrogen) atoms. The van der Waals surface area contributed by atoms with Crippen molar-refractivity contribution in [2.75, 3.05) is 5.32 Å². The standard InChI is InChI=1S/C11H6Cl2FN7/c12-6-1-2-8(7(14)3-6)17-10-18-9(13)19-11(20-10)21-5-15-4-16-21/h1-5H,(H,17,18,19,20). The summed E-state index contributed by atoms with van der Waals surface area (Å²) >= 11 is 11.5.